The molecular formula is C12H20N4O. The Hall–Kier alpha value is -1.20. The highest BCUT2D eigenvalue weighted by atomic mass is 16.5. The van der Waals surface area contributed by atoms with Crippen molar-refractivity contribution in [1.82, 2.24) is 9.97 Å². The zero-order valence-electron chi connectivity index (χ0n) is 10.3. The summed E-state index contributed by atoms with van der Waals surface area (Å²) in [5.41, 5.74) is 6.48. The Balaban J connectivity index is 1.91. The maximum absolute atomic E-state index is 5.52. The second-order valence-corrected chi connectivity index (χ2v) is 4.53. The van der Waals surface area contributed by atoms with Crippen LogP contribution in [0.1, 0.15) is 18.4 Å². The number of nitrogens with zero attached hydrogens (tertiary/aromatic N) is 3. The number of rotatable bonds is 4. The fourth-order valence-corrected chi connectivity index (χ4v) is 2.05. The molecule has 2 rings (SSSR count). The van der Waals surface area contributed by atoms with E-state index in [-0.39, 0.29) is 0 Å². The minimum Gasteiger partial charge on any atom is -0.381 e. The molecule has 1 aromatic heterocycles. The second-order valence-electron chi connectivity index (χ2n) is 4.53. The molecule has 0 amide bonds. The molecule has 0 aliphatic carbocycles. The highest BCUT2D eigenvalue weighted by Gasteiger charge is 2.16. The SMILES string of the molecule is CN(CC1CCOCC1)c1ncc(CN)cn1. The zero-order chi connectivity index (χ0) is 12.1. The number of hydrogen-bond donors (Lipinski definition) is 1. The van der Waals surface area contributed by atoms with Crippen LogP contribution in [0.15, 0.2) is 12.4 Å². The standard InChI is InChI=1S/C12H20N4O/c1-16(9-10-2-4-17-5-3-10)12-14-7-11(6-13)8-15-12/h7-8,10H,2-6,9,13H2,1H3. The minimum absolute atomic E-state index is 0.490. The number of nitrogens with two attached hydrogens (primary N) is 1. The van der Waals surface area contributed by atoms with Crippen LogP contribution >= 0.6 is 0 Å². The lowest BCUT2D eigenvalue weighted by Crippen LogP contribution is -2.30. The van der Waals surface area contributed by atoms with E-state index in [4.69, 9.17) is 10.5 Å². The Kier molecular flexibility index (Phi) is 4.28. The third-order valence-corrected chi connectivity index (χ3v) is 3.14. The average Bonchev–Trinajstić information content (AvgIpc) is 2.40. The first kappa shape index (κ1) is 12.3. The normalized spacial score (nSPS) is 17.1. The molecule has 0 radical (unpaired) electrons. The van der Waals surface area contributed by atoms with Crippen molar-refractivity contribution in [2.45, 2.75) is 19.4 Å². The van der Waals surface area contributed by atoms with Crippen molar-refractivity contribution in [1.29, 1.82) is 0 Å². The van der Waals surface area contributed by atoms with Gasteiger partial charge in [-0.2, -0.15) is 0 Å². The van der Waals surface area contributed by atoms with Crippen LogP contribution in [0.3, 0.4) is 0 Å². The summed E-state index contributed by atoms with van der Waals surface area (Å²) in [5, 5.41) is 0. The predicted molar refractivity (Wildman–Crippen MR) is 66.7 cm³/mol. The van der Waals surface area contributed by atoms with Crippen molar-refractivity contribution in [2.75, 3.05) is 31.7 Å². The van der Waals surface area contributed by atoms with Crippen molar-refractivity contribution >= 4 is 5.95 Å². The molecule has 0 unspecified atom stereocenters. The molecular weight excluding hydrogens is 216 g/mol. The van der Waals surface area contributed by atoms with E-state index in [0.717, 1.165) is 44.1 Å². The van der Waals surface area contributed by atoms with Crippen molar-refractivity contribution < 1.29 is 4.74 Å². The third-order valence-electron chi connectivity index (χ3n) is 3.14. The molecule has 94 valence electrons. The predicted octanol–water partition coefficient (Wildman–Crippen LogP) is 0.798. The molecule has 1 fully saturated rings. The smallest absolute Gasteiger partial charge is 0.225 e. The lowest BCUT2D eigenvalue weighted by Gasteiger charge is -2.27. The van der Waals surface area contributed by atoms with Gasteiger partial charge in [0.25, 0.3) is 0 Å². The van der Waals surface area contributed by atoms with E-state index in [1.54, 1.807) is 12.4 Å². The zero-order valence-corrected chi connectivity index (χ0v) is 10.3. The Labute approximate surface area is 102 Å². The van der Waals surface area contributed by atoms with Gasteiger partial charge in [0.05, 0.1) is 0 Å². The quantitative estimate of drug-likeness (QED) is 0.837. The van der Waals surface area contributed by atoms with Crippen LogP contribution in [0.25, 0.3) is 0 Å². The van der Waals surface area contributed by atoms with Gasteiger partial charge in [-0.3, -0.25) is 0 Å². The van der Waals surface area contributed by atoms with E-state index in [1.165, 1.54) is 0 Å². The molecule has 1 aliphatic heterocycles. The summed E-state index contributed by atoms with van der Waals surface area (Å²) in [6, 6.07) is 0. The molecule has 0 saturated carbocycles. The van der Waals surface area contributed by atoms with Gasteiger partial charge in [0.15, 0.2) is 0 Å². The van der Waals surface area contributed by atoms with E-state index in [2.05, 4.69) is 14.9 Å². The van der Waals surface area contributed by atoms with Crippen molar-refractivity contribution in [3.05, 3.63) is 18.0 Å². The summed E-state index contributed by atoms with van der Waals surface area (Å²) in [6.45, 7) is 3.24. The highest BCUT2D eigenvalue weighted by molar-refractivity contribution is 5.28. The summed E-state index contributed by atoms with van der Waals surface area (Å²) in [5.74, 6) is 1.46. The number of hydrogen-bond acceptors (Lipinski definition) is 5. The van der Waals surface area contributed by atoms with Crippen LogP contribution in [0.5, 0.6) is 0 Å². The minimum atomic E-state index is 0.490. The molecule has 0 atom stereocenters. The van der Waals surface area contributed by atoms with Gasteiger partial charge < -0.3 is 15.4 Å². The van der Waals surface area contributed by atoms with Crippen molar-refractivity contribution in [3.63, 3.8) is 0 Å². The Bertz CT molecular complexity index is 335. The summed E-state index contributed by atoms with van der Waals surface area (Å²) in [7, 11) is 2.03. The first-order valence-corrected chi connectivity index (χ1v) is 6.09. The topological polar surface area (TPSA) is 64.3 Å². The molecule has 1 aliphatic rings. The van der Waals surface area contributed by atoms with Gasteiger partial charge in [-0.25, -0.2) is 9.97 Å². The van der Waals surface area contributed by atoms with E-state index in [0.29, 0.717) is 12.5 Å². The number of aromatic nitrogens is 2. The van der Waals surface area contributed by atoms with E-state index in [1.807, 2.05) is 7.05 Å². The summed E-state index contributed by atoms with van der Waals surface area (Å²) in [6.07, 6.45) is 5.85. The lowest BCUT2D eigenvalue weighted by molar-refractivity contribution is 0.0684. The first-order chi connectivity index (χ1) is 8.29. The van der Waals surface area contributed by atoms with Crippen molar-refractivity contribution in [3.8, 4) is 0 Å². The monoisotopic (exact) mass is 236 g/mol. The third kappa shape index (κ3) is 3.38. The van der Waals surface area contributed by atoms with Gasteiger partial charge in [0, 0.05) is 51.3 Å². The maximum atomic E-state index is 5.52. The molecule has 2 N–H and O–H groups in total. The van der Waals surface area contributed by atoms with Gasteiger partial charge in [0.2, 0.25) is 5.95 Å². The molecule has 5 nitrogen and oxygen atoms in total. The van der Waals surface area contributed by atoms with Crippen LogP contribution in [0, 0.1) is 5.92 Å². The Morgan fingerprint density at radius 2 is 2.00 bits per heavy atom. The summed E-state index contributed by atoms with van der Waals surface area (Å²) < 4.78 is 5.35. The molecule has 2 heterocycles. The summed E-state index contributed by atoms with van der Waals surface area (Å²) in [4.78, 5) is 10.7. The molecule has 5 heteroatoms. The van der Waals surface area contributed by atoms with Gasteiger partial charge >= 0.3 is 0 Å². The van der Waals surface area contributed by atoms with E-state index in [9.17, 15) is 0 Å². The fourth-order valence-electron chi connectivity index (χ4n) is 2.05. The van der Waals surface area contributed by atoms with Gasteiger partial charge in [0.1, 0.15) is 0 Å². The van der Waals surface area contributed by atoms with Gasteiger partial charge in [-0.1, -0.05) is 0 Å². The molecule has 0 aromatic carbocycles. The van der Waals surface area contributed by atoms with Crippen LogP contribution in [-0.2, 0) is 11.3 Å². The van der Waals surface area contributed by atoms with E-state index < -0.39 is 0 Å². The Morgan fingerprint density at radius 1 is 1.35 bits per heavy atom. The van der Waals surface area contributed by atoms with Crippen LogP contribution in [-0.4, -0.2) is 36.8 Å². The Morgan fingerprint density at radius 3 is 2.59 bits per heavy atom. The van der Waals surface area contributed by atoms with Gasteiger partial charge in [-0.15, -0.1) is 0 Å². The molecule has 17 heavy (non-hydrogen) atoms. The summed E-state index contributed by atoms with van der Waals surface area (Å²) >= 11 is 0. The lowest BCUT2D eigenvalue weighted by atomic mass is 10.0. The molecule has 0 bridgehead atoms. The van der Waals surface area contributed by atoms with E-state index >= 15 is 0 Å². The molecule has 1 aromatic rings. The molecule has 1 saturated heterocycles. The van der Waals surface area contributed by atoms with Crippen molar-refractivity contribution in [2.24, 2.45) is 11.7 Å². The van der Waals surface area contributed by atoms with Crippen LogP contribution < -0.4 is 10.6 Å². The van der Waals surface area contributed by atoms with Crippen LogP contribution in [0.4, 0.5) is 5.95 Å². The number of ether oxygens (including phenoxy) is 1. The second kappa shape index (κ2) is 5.93. The maximum Gasteiger partial charge on any atom is 0.225 e. The van der Waals surface area contributed by atoms with Gasteiger partial charge in [-0.05, 0) is 18.8 Å². The fraction of sp³-hybridized carbons (Fsp3) is 0.667. The highest BCUT2D eigenvalue weighted by Crippen LogP contribution is 2.17. The van der Waals surface area contributed by atoms with Crippen LogP contribution in [0.2, 0.25) is 0 Å². The molecule has 0 spiro atoms. The average molecular weight is 236 g/mol. The number of anilines is 1. The first-order valence-electron chi connectivity index (χ1n) is 6.09. The largest absolute Gasteiger partial charge is 0.381 e.